The highest BCUT2D eigenvalue weighted by Crippen LogP contribution is 2.65. The van der Waals surface area contributed by atoms with Crippen molar-refractivity contribution in [3.05, 3.63) is 23.8 Å². The topological polar surface area (TPSA) is 0 Å². The summed E-state index contributed by atoms with van der Waals surface area (Å²) in [4.78, 5) is 0. The first-order valence-electron chi connectivity index (χ1n) is 10.1. The van der Waals surface area contributed by atoms with Crippen molar-refractivity contribution < 1.29 is 0 Å². The molecule has 0 aromatic heterocycles. The molecule has 4 aliphatic carbocycles. The molecule has 0 aromatic rings. The van der Waals surface area contributed by atoms with Crippen LogP contribution < -0.4 is 0 Å². The number of allylic oxidation sites excluding steroid dienone is 4. The fourth-order valence-electron chi connectivity index (χ4n) is 6.35. The maximum absolute atomic E-state index is 2.63. The van der Waals surface area contributed by atoms with Gasteiger partial charge in [0, 0.05) is 0 Å². The van der Waals surface area contributed by atoms with Crippen molar-refractivity contribution in [1.29, 1.82) is 0 Å². The van der Waals surface area contributed by atoms with Gasteiger partial charge in [0.25, 0.3) is 0 Å². The van der Waals surface area contributed by atoms with Crippen molar-refractivity contribution in [3.8, 4) is 0 Å². The summed E-state index contributed by atoms with van der Waals surface area (Å²) >= 11 is 0. The third-order valence-corrected chi connectivity index (χ3v) is 7.81. The molecule has 4 aliphatic rings. The predicted molar refractivity (Wildman–Crippen MR) is 94.6 cm³/mol. The van der Waals surface area contributed by atoms with E-state index in [1.807, 2.05) is 5.57 Å². The molecule has 5 unspecified atom stereocenters. The van der Waals surface area contributed by atoms with Gasteiger partial charge < -0.3 is 0 Å². The van der Waals surface area contributed by atoms with Gasteiger partial charge in [0.1, 0.15) is 0 Å². The minimum absolute atomic E-state index is 0.689. The number of hydrogen-bond donors (Lipinski definition) is 0. The third kappa shape index (κ3) is 2.42. The van der Waals surface area contributed by atoms with E-state index < -0.39 is 0 Å². The lowest BCUT2D eigenvalue weighted by atomic mass is 9.43. The van der Waals surface area contributed by atoms with Crippen LogP contribution in [0, 0.1) is 35.0 Å². The minimum Gasteiger partial charge on any atom is -0.0845 e. The smallest absolute Gasteiger partial charge is 0.0130 e. The molecule has 0 aliphatic heterocycles. The van der Waals surface area contributed by atoms with Gasteiger partial charge in [-0.2, -0.15) is 0 Å². The van der Waals surface area contributed by atoms with E-state index in [1.165, 1.54) is 64.2 Å². The van der Waals surface area contributed by atoms with Gasteiger partial charge in [-0.15, -0.1) is 0 Å². The van der Waals surface area contributed by atoms with Gasteiger partial charge in [-0.05, 0) is 73.5 Å². The second-order valence-electron chi connectivity index (χ2n) is 9.21. The highest BCUT2D eigenvalue weighted by atomic mass is 14.6. The Hall–Kier alpha value is -0.520. The average Bonchev–Trinajstić information content (AvgIpc) is 2.78. The Bertz CT molecular complexity index is 464. The Morgan fingerprint density at radius 2 is 1.86 bits per heavy atom. The van der Waals surface area contributed by atoms with E-state index in [4.69, 9.17) is 0 Å². The van der Waals surface area contributed by atoms with Crippen LogP contribution in [-0.2, 0) is 0 Å². The van der Waals surface area contributed by atoms with E-state index >= 15 is 0 Å². The molecule has 0 saturated heterocycles. The molecule has 0 bridgehead atoms. The zero-order valence-corrected chi connectivity index (χ0v) is 14.7. The van der Waals surface area contributed by atoms with Crippen LogP contribution in [-0.4, -0.2) is 0 Å². The molecule has 0 spiro atoms. The predicted octanol–water partition coefficient (Wildman–Crippen LogP) is 6.53. The SMILES string of the molecule is CC1CCCC(C2C3=CC=CCCC3C2C2(C)CCC2)CC1. The molecule has 0 heteroatoms. The molecule has 22 heavy (non-hydrogen) atoms. The Balaban J connectivity index is 1.59. The Morgan fingerprint density at radius 3 is 2.64 bits per heavy atom. The van der Waals surface area contributed by atoms with Crippen LogP contribution in [0.4, 0.5) is 0 Å². The Kier molecular flexibility index (Phi) is 3.99. The monoisotopic (exact) mass is 298 g/mol. The van der Waals surface area contributed by atoms with Gasteiger partial charge in [0.15, 0.2) is 0 Å². The van der Waals surface area contributed by atoms with Gasteiger partial charge in [-0.25, -0.2) is 0 Å². The maximum Gasteiger partial charge on any atom is -0.0130 e. The van der Waals surface area contributed by atoms with Crippen LogP contribution in [0.1, 0.15) is 78.1 Å². The lowest BCUT2D eigenvalue weighted by Gasteiger charge is -2.61. The Labute approximate surface area is 137 Å². The average molecular weight is 299 g/mol. The van der Waals surface area contributed by atoms with Crippen LogP contribution in [0.2, 0.25) is 0 Å². The first kappa shape index (κ1) is 15.0. The summed E-state index contributed by atoms with van der Waals surface area (Å²) in [5.74, 6) is 4.88. The van der Waals surface area contributed by atoms with Gasteiger partial charge in [-0.1, -0.05) is 63.3 Å². The molecule has 0 nitrogen and oxygen atoms in total. The molecular weight excluding hydrogens is 264 g/mol. The van der Waals surface area contributed by atoms with Crippen molar-refractivity contribution in [2.24, 2.45) is 35.0 Å². The van der Waals surface area contributed by atoms with Crippen molar-refractivity contribution >= 4 is 0 Å². The van der Waals surface area contributed by atoms with Gasteiger partial charge in [-0.3, -0.25) is 0 Å². The normalized spacial score (nSPS) is 43.9. The van der Waals surface area contributed by atoms with Crippen LogP contribution in [0.15, 0.2) is 23.8 Å². The second-order valence-corrected chi connectivity index (χ2v) is 9.21. The molecule has 3 saturated carbocycles. The van der Waals surface area contributed by atoms with Crippen molar-refractivity contribution in [2.45, 2.75) is 78.1 Å². The molecule has 122 valence electrons. The standard InChI is InChI=1S/C22H34/c1-16-8-6-9-17(13-12-16)20-18-10-4-3-5-11-19(18)21(20)22(2)14-7-15-22/h3-4,10,16-17,19-21H,5-9,11-15H2,1-2H3. The number of rotatable bonds is 2. The summed E-state index contributed by atoms with van der Waals surface area (Å²) in [7, 11) is 0. The molecule has 3 fully saturated rings. The molecule has 4 rings (SSSR count). The van der Waals surface area contributed by atoms with Crippen LogP contribution in [0.3, 0.4) is 0 Å². The summed E-state index contributed by atoms with van der Waals surface area (Å²) < 4.78 is 0. The zero-order chi connectivity index (χ0) is 15.2. The molecule has 0 amide bonds. The van der Waals surface area contributed by atoms with Gasteiger partial charge in [0.2, 0.25) is 0 Å². The highest BCUT2D eigenvalue weighted by Gasteiger charge is 2.57. The maximum atomic E-state index is 2.63. The van der Waals surface area contributed by atoms with Gasteiger partial charge >= 0.3 is 0 Å². The van der Waals surface area contributed by atoms with Crippen molar-refractivity contribution in [1.82, 2.24) is 0 Å². The van der Waals surface area contributed by atoms with E-state index in [2.05, 4.69) is 32.1 Å². The van der Waals surface area contributed by atoms with E-state index in [0.29, 0.717) is 5.41 Å². The molecule has 0 radical (unpaired) electrons. The van der Waals surface area contributed by atoms with E-state index in [9.17, 15) is 0 Å². The molecule has 5 atom stereocenters. The van der Waals surface area contributed by atoms with Crippen LogP contribution in [0.5, 0.6) is 0 Å². The zero-order valence-electron chi connectivity index (χ0n) is 14.7. The van der Waals surface area contributed by atoms with Crippen LogP contribution >= 0.6 is 0 Å². The fourth-order valence-corrected chi connectivity index (χ4v) is 6.35. The van der Waals surface area contributed by atoms with Crippen LogP contribution in [0.25, 0.3) is 0 Å². The summed E-state index contributed by atoms with van der Waals surface area (Å²) in [6, 6.07) is 0. The first-order chi connectivity index (χ1) is 10.7. The first-order valence-corrected chi connectivity index (χ1v) is 10.1. The highest BCUT2D eigenvalue weighted by molar-refractivity contribution is 5.32. The van der Waals surface area contributed by atoms with E-state index in [0.717, 1.165) is 29.6 Å². The van der Waals surface area contributed by atoms with E-state index in [-0.39, 0.29) is 0 Å². The summed E-state index contributed by atoms with van der Waals surface area (Å²) in [5, 5.41) is 0. The number of hydrogen-bond acceptors (Lipinski definition) is 0. The Morgan fingerprint density at radius 1 is 1.00 bits per heavy atom. The van der Waals surface area contributed by atoms with Crippen molar-refractivity contribution in [2.75, 3.05) is 0 Å². The van der Waals surface area contributed by atoms with E-state index in [1.54, 1.807) is 0 Å². The molecular formula is C22H34. The van der Waals surface area contributed by atoms with Crippen molar-refractivity contribution in [3.63, 3.8) is 0 Å². The second kappa shape index (κ2) is 5.84. The minimum atomic E-state index is 0.689. The molecule has 0 aromatic carbocycles. The third-order valence-electron chi connectivity index (χ3n) is 7.81. The molecule has 0 N–H and O–H groups in total. The summed E-state index contributed by atoms with van der Waals surface area (Å²) in [6.07, 6.45) is 22.0. The summed E-state index contributed by atoms with van der Waals surface area (Å²) in [6.45, 7) is 5.10. The lowest BCUT2D eigenvalue weighted by molar-refractivity contribution is -0.0606. The molecule has 0 heterocycles. The van der Waals surface area contributed by atoms with Gasteiger partial charge in [0.05, 0.1) is 0 Å². The quantitative estimate of drug-likeness (QED) is 0.508. The summed E-state index contributed by atoms with van der Waals surface area (Å²) in [5.41, 5.74) is 2.56. The fraction of sp³-hybridized carbons (Fsp3) is 0.818. The largest absolute Gasteiger partial charge is 0.0845 e. The lowest BCUT2D eigenvalue weighted by Crippen LogP contribution is -2.54. The number of fused-ring (bicyclic) bond motifs is 1.